The van der Waals surface area contributed by atoms with E-state index in [0.29, 0.717) is 0 Å². The first-order valence-corrected chi connectivity index (χ1v) is 6.75. The van der Waals surface area contributed by atoms with E-state index in [0.717, 1.165) is 23.1 Å². The Kier molecular flexibility index (Phi) is 3.44. The second-order valence-corrected chi connectivity index (χ2v) is 5.08. The minimum atomic E-state index is -0.131. The summed E-state index contributed by atoms with van der Waals surface area (Å²) in [6.45, 7) is 2.09. The summed E-state index contributed by atoms with van der Waals surface area (Å²) in [5.41, 5.74) is 11.4. The van der Waals surface area contributed by atoms with Crippen LogP contribution >= 0.6 is 0 Å². The Morgan fingerprint density at radius 2 is 1.85 bits per heavy atom. The molecule has 3 heteroatoms. The second kappa shape index (κ2) is 5.39. The first kappa shape index (κ1) is 12.8. The van der Waals surface area contributed by atoms with E-state index in [2.05, 4.69) is 41.2 Å². The third kappa shape index (κ3) is 2.68. The number of nitrogens with zero attached hydrogens (tertiary/aromatic N) is 2. The lowest BCUT2D eigenvalue weighted by Crippen LogP contribution is -2.15. The molecule has 0 aliphatic rings. The van der Waals surface area contributed by atoms with E-state index in [9.17, 15) is 0 Å². The minimum absolute atomic E-state index is 0.131. The molecule has 0 amide bonds. The highest BCUT2D eigenvalue weighted by molar-refractivity contribution is 5.73. The standard InChI is InChI=1S/C17H17N3/c1-12-5-4-6-13(9-12)10-14(18)17-11-19-15-7-2-3-8-16(15)20-17/h2-9,11,14H,10,18H2,1H3. The van der Waals surface area contributed by atoms with Gasteiger partial charge in [-0.1, -0.05) is 42.0 Å². The predicted octanol–water partition coefficient (Wildman–Crippen LogP) is 3.18. The maximum absolute atomic E-state index is 6.27. The first-order chi connectivity index (χ1) is 9.72. The number of fused-ring (bicyclic) bond motifs is 1. The van der Waals surface area contributed by atoms with Crippen molar-refractivity contribution < 1.29 is 0 Å². The predicted molar refractivity (Wildman–Crippen MR) is 81.3 cm³/mol. The van der Waals surface area contributed by atoms with Gasteiger partial charge in [-0.05, 0) is 31.0 Å². The van der Waals surface area contributed by atoms with Gasteiger partial charge in [-0.15, -0.1) is 0 Å². The summed E-state index contributed by atoms with van der Waals surface area (Å²) in [5, 5.41) is 0. The van der Waals surface area contributed by atoms with Gasteiger partial charge in [-0.25, -0.2) is 4.98 Å². The summed E-state index contributed by atoms with van der Waals surface area (Å²) in [7, 11) is 0. The Morgan fingerprint density at radius 3 is 2.65 bits per heavy atom. The summed E-state index contributed by atoms with van der Waals surface area (Å²) in [6, 6.07) is 16.1. The van der Waals surface area contributed by atoms with E-state index < -0.39 is 0 Å². The van der Waals surface area contributed by atoms with Crippen molar-refractivity contribution in [2.24, 2.45) is 5.73 Å². The van der Waals surface area contributed by atoms with Crippen LogP contribution in [0.15, 0.2) is 54.7 Å². The van der Waals surface area contributed by atoms with Gasteiger partial charge in [0.1, 0.15) is 0 Å². The average molecular weight is 263 g/mol. The maximum atomic E-state index is 6.27. The van der Waals surface area contributed by atoms with Crippen molar-refractivity contribution in [3.05, 3.63) is 71.5 Å². The van der Waals surface area contributed by atoms with E-state index in [1.54, 1.807) is 6.20 Å². The smallest absolute Gasteiger partial charge is 0.0890 e. The summed E-state index contributed by atoms with van der Waals surface area (Å²) >= 11 is 0. The van der Waals surface area contributed by atoms with Crippen LogP contribution in [-0.2, 0) is 6.42 Å². The fourth-order valence-corrected chi connectivity index (χ4v) is 2.35. The van der Waals surface area contributed by atoms with Gasteiger partial charge >= 0.3 is 0 Å². The highest BCUT2D eigenvalue weighted by atomic mass is 14.8. The Bertz CT molecular complexity index is 737. The Hall–Kier alpha value is -2.26. The van der Waals surface area contributed by atoms with Crippen molar-refractivity contribution in [1.29, 1.82) is 0 Å². The lowest BCUT2D eigenvalue weighted by atomic mass is 10.0. The van der Waals surface area contributed by atoms with Crippen LogP contribution in [0, 0.1) is 6.92 Å². The summed E-state index contributed by atoms with van der Waals surface area (Å²) in [4.78, 5) is 9.03. The van der Waals surface area contributed by atoms with Gasteiger partial charge in [0.15, 0.2) is 0 Å². The van der Waals surface area contributed by atoms with Gasteiger partial charge in [-0.3, -0.25) is 4.98 Å². The number of nitrogens with two attached hydrogens (primary N) is 1. The van der Waals surface area contributed by atoms with Crippen molar-refractivity contribution in [2.45, 2.75) is 19.4 Å². The summed E-state index contributed by atoms with van der Waals surface area (Å²) < 4.78 is 0. The fourth-order valence-electron chi connectivity index (χ4n) is 2.35. The molecule has 0 spiro atoms. The lowest BCUT2D eigenvalue weighted by Gasteiger charge is -2.12. The van der Waals surface area contributed by atoms with Gasteiger partial charge in [0.2, 0.25) is 0 Å². The quantitative estimate of drug-likeness (QED) is 0.789. The molecule has 2 N–H and O–H groups in total. The number of hydrogen-bond donors (Lipinski definition) is 1. The molecule has 0 aliphatic carbocycles. The number of hydrogen-bond acceptors (Lipinski definition) is 3. The third-order valence-corrected chi connectivity index (χ3v) is 3.39. The second-order valence-electron chi connectivity index (χ2n) is 5.08. The molecule has 1 heterocycles. The number of rotatable bonds is 3. The van der Waals surface area contributed by atoms with Gasteiger partial charge < -0.3 is 5.73 Å². The van der Waals surface area contributed by atoms with Crippen molar-refractivity contribution >= 4 is 11.0 Å². The maximum Gasteiger partial charge on any atom is 0.0890 e. The van der Waals surface area contributed by atoms with E-state index in [1.807, 2.05) is 24.3 Å². The van der Waals surface area contributed by atoms with Crippen molar-refractivity contribution in [3.8, 4) is 0 Å². The molecule has 20 heavy (non-hydrogen) atoms. The molecule has 0 aliphatic heterocycles. The zero-order valence-electron chi connectivity index (χ0n) is 11.5. The average Bonchev–Trinajstić information content (AvgIpc) is 2.47. The van der Waals surface area contributed by atoms with Gasteiger partial charge in [0, 0.05) is 0 Å². The molecule has 3 aromatic rings. The zero-order chi connectivity index (χ0) is 13.9. The van der Waals surface area contributed by atoms with Gasteiger partial charge in [0.25, 0.3) is 0 Å². The number of aryl methyl sites for hydroxylation is 1. The molecule has 1 aromatic heterocycles. The molecule has 3 rings (SSSR count). The molecule has 3 nitrogen and oxygen atoms in total. The highest BCUT2D eigenvalue weighted by Crippen LogP contribution is 2.17. The van der Waals surface area contributed by atoms with Crippen molar-refractivity contribution in [2.75, 3.05) is 0 Å². The van der Waals surface area contributed by atoms with Crippen molar-refractivity contribution in [3.63, 3.8) is 0 Å². The van der Waals surface area contributed by atoms with Gasteiger partial charge in [0.05, 0.1) is 29.0 Å². The third-order valence-electron chi connectivity index (χ3n) is 3.39. The monoisotopic (exact) mass is 263 g/mol. The van der Waals surface area contributed by atoms with E-state index in [4.69, 9.17) is 5.73 Å². The van der Waals surface area contributed by atoms with Crippen LogP contribution in [0.25, 0.3) is 11.0 Å². The largest absolute Gasteiger partial charge is 0.322 e. The zero-order valence-corrected chi connectivity index (χ0v) is 11.5. The van der Waals surface area contributed by atoms with E-state index in [-0.39, 0.29) is 6.04 Å². The molecule has 0 saturated heterocycles. The SMILES string of the molecule is Cc1cccc(CC(N)c2cnc3ccccc3n2)c1. The normalized spacial score (nSPS) is 12.5. The first-order valence-electron chi connectivity index (χ1n) is 6.75. The van der Waals surface area contributed by atoms with Crippen LogP contribution in [0.2, 0.25) is 0 Å². The Balaban J connectivity index is 1.86. The van der Waals surface area contributed by atoms with Gasteiger partial charge in [-0.2, -0.15) is 0 Å². The Morgan fingerprint density at radius 1 is 1.05 bits per heavy atom. The number of aromatic nitrogens is 2. The molecule has 0 fully saturated rings. The fraction of sp³-hybridized carbons (Fsp3) is 0.176. The lowest BCUT2D eigenvalue weighted by molar-refractivity contribution is 0.696. The van der Waals surface area contributed by atoms with Crippen LogP contribution in [0.4, 0.5) is 0 Å². The molecule has 0 saturated carbocycles. The minimum Gasteiger partial charge on any atom is -0.322 e. The van der Waals surface area contributed by atoms with E-state index >= 15 is 0 Å². The highest BCUT2D eigenvalue weighted by Gasteiger charge is 2.10. The molecular formula is C17H17N3. The van der Waals surface area contributed by atoms with E-state index in [1.165, 1.54) is 11.1 Å². The summed E-state index contributed by atoms with van der Waals surface area (Å²) in [6.07, 6.45) is 2.55. The summed E-state index contributed by atoms with van der Waals surface area (Å²) in [5.74, 6) is 0. The molecule has 0 bridgehead atoms. The van der Waals surface area contributed by atoms with Crippen LogP contribution < -0.4 is 5.73 Å². The Labute approximate surface area is 118 Å². The van der Waals surface area contributed by atoms with Crippen LogP contribution in [0.1, 0.15) is 22.9 Å². The van der Waals surface area contributed by atoms with Crippen LogP contribution in [0.5, 0.6) is 0 Å². The molecule has 1 unspecified atom stereocenters. The molecule has 2 aromatic carbocycles. The van der Waals surface area contributed by atoms with Crippen LogP contribution in [-0.4, -0.2) is 9.97 Å². The molecule has 1 atom stereocenters. The number of benzene rings is 2. The number of para-hydroxylation sites is 2. The molecule has 100 valence electrons. The molecule has 0 radical (unpaired) electrons. The van der Waals surface area contributed by atoms with Crippen molar-refractivity contribution in [1.82, 2.24) is 9.97 Å². The molecular weight excluding hydrogens is 246 g/mol. The van der Waals surface area contributed by atoms with Crippen LogP contribution in [0.3, 0.4) is 0 Å². The topological polar surface area (TPSA) is 51.8 Å².